The van der Waals surface area contributed by atoms with Gasteiger partial charge >= 0.3 is 0 Å². The highest BCUT2D eigenvalue weighted by molar-refractivity contribution is 7.90. The van der Waals surface area contributed by atoms with Crippen LogP contribution in [0, 0.1) is 0 Å². The molecule has 20 heavy (non-hydrogen) atoms. The van der Waals surface area contributed by atoms with Gasteiger partial charge in [-0.1, -0.05) is 0 Å². The average molecular weight is 343 g/mol. The van der Waals surface area contributed by atoms with Crippen molar-refractivity contribution >= 4 is 32.3 Å². The van der Waals surface area contributed by atoms with Crippen molar-refractivity contribution in [3.63, 3.8) is 0 Å². The van der Waals surface area contributed by atoms with Gasteiger partial charge in [-0.2, -0.15) is 0 Å². The van der Waals surface area contributed by atoms with Crippen molar-refractivity contribution in [2.75, 3.05) is 12.8 Å². The number of rotatable bonds is 5. The van der Waals surface area contributed by atoms with Crippen LogP contribution in [-0.2, 0) is 19.9 Å². The molecule has 0 amide bonds. The lowest BCUT2D eigenvalue weighted by molar-refractivity contribution is 0.498. The van der Waals surface area contributed by atoms with Crippen molar-refractivity contribution in [1.82, 2.24) is 4.72 Å². The minimum atomic E-state index is -3.68. The van der Waals surface area contributed by atoms with Gasteiger partial charge in [0, 0.05) is 18.3 Å². The third kappa shape index (κ3) is 5.76. The molecule has 0 fully saturated rings. The summed E-state index contributed by atoms with van der Waals surface area (Å²) in [6.07, 6.45) is 1.06. The Morgan fingerprint density at radius 2 is 1.45 bits per heavy atom. The Hall–Kier alpha value is -0.670. The average Bonchev–Trinajstić information content (AvgIpc) is 2.25. The van der Waals surface area contributed by atoms with E-state index in [2.05, 4.69) is 4.72 Å². The SMILES string of the molecule is CC(C)(N)CNS(=O)(=O)c1ccc(S(C)(=O)=O)cc1.Cl. The van der Waals surface area contributed by atoms with Gasteiger partial charge in [0.15, 0.2) is 9.84 Å². The van der Waals surface area contributed by atoms with Crippen molar-refractivity contribution in [3.8, 4) is 0 Å². The predicted octanol–water partition coefficient (Wildman–Crippen LogP) is 0.528. The van der Waals surface area contributed by atoms with Crippen LogP contribution in [0.4, 0.5) is 0 Å². The third-order valence-electron chi connectivity index (χ3n) is 2.28. The summed E-state index contributed by atoms with van der Waals surface area (Å²) in [5.74, 6) is 0. The highest BCUT2D eigenvalue weighted by atomic mass is 35.5. The Bertz CT molecular complexity index is 647. The van der Waals surface area contributed by atoms with E-state index in [1.807, 2.05) is 0 Å². The maximum absolute atomic E-state index is 11.9. The third-order valence-corrected chi connectivity index (χ3v) is 4.83. The lowest BCUT2D eigenvalue weighted by Gasteiger charge is -2.18. The number of nitrogens with one attached hydrogen (secondary N) is 1. The Kier molecular flexibility index (Phi) is 6.18. The molecule has 0 aliphatic heterocycles. The molecular formula is C11H19ClN2O4S2. The Morgan fingerprint density at radius 3 is 1.80 bits per heavy atom. The summed E-state index contributed by atoms with van der Waals surface area (Å²) < 4.78 is 48.8. The molecule has 1 aromatic carbocycles. The molecule has 0 radical (unpaired) electrons. The second kappa shape index (κ2) is 6.40. The first-order chi connectivity index (χ1) is 8.42. The van der Waals surface area contributed by atoms with Crippen molar-refractivity contribution in [3.05, 3.63) is 24.3 Å². The summed E-state index contributed by atoms with van der Waals surface area (Å²) in [7, 11) is -7.02. The van der Waals surface area contributed by atoms with Crippen molar-refractivity contribution in [2.45, 2.75) is 29.2 Å². The molecule has 1 aromatic rings. The molecule has 0 atom stereocenters. The van der Waals surface area contributed by atoms with Crippen molar-refractivity contribution in [1.29, 1.82) is 0 Å². The fourth-order valence-corrected chi connectivity index (χ4v) is 3.08. The molecule has 0 saturated heterocycles. The summed E-state index contributed by atoms with van der Waals surface area (Å²) in [5, 5.41) is 0. The standard InChI is InChI=1S/C11H18N2O4S2.ClH/c1-11(2,12)8-13-19(16,17)10-6-4-9(5-7-10)18(3,14)15;/h4-7,13H,8,12H2,1-3H3;1H. The van der Waals surface area contributed by atoms with Crippen LogP contribution in [0.3, 0.4) is 0 Å². The first-order valence-corrected chi connectivity index (χ1v) is 8.88. The van der Waals surface area contributed by atoms with Crippen molar-refractivity contribution in [2.24, 2.45) is 5.73 Å². The van der Waals surface area contributed by atoms with Gasteiger partial charge in [-0.25, -0.2) is 21.6 Å². The number of halogens is 1. The summed E-state index contributed by atoms with van der Waals surface area (Å²) >= 11 is 0. The lowest BCUT2D eigenvalue weighted by Crippen LogP contribution is -2.45. The van der Waals surface area contributed by atoms with E-state index in [-0.39, 0.29) is 28.7 Å². The van der Waals surface area contributed by atoms with Crippen LogP contribution in [0.25, 0.3) is 0 Å². The van der Waals surface area contributed by atoms with E-state index in [4.69, 9.17) is 5.73 Å². The summed E-state index contributed by atoms with van der Waals surface area (Å²) in [6, 6.07) is 5.03. The lowest BCUT2D eigenvalue weighted by atomic mass is 10.1. The summed E-state index contributed by atoms with van der Waals surface area (Å²) in [6.45, 7) is 3.48. The van der Waals surface area contributed by atoms with Gasteiger partial charge in [0.1, 0.15) is 0 Å². The maximum Gasteiger partial charge on any atom is 0.240 e. The van der Waals surface area contributed by atoms with Crippen LogP contribution in [0.15, 0.2) is 34.1 Å². The second-order valence-electron chi connectivity index (χ2n) is 5.06. The van der Waals surface area contributed by atoms with Gasteiger partial charge in [0.05, 0.1) is 9.79 Å². The smallest absolute Gasteiger partial charge is 0.240 e. The Labute approximate surface area is 126 Å². The van der Waals surface area contributed by atoms with Gasteiger partial charge in [-0.15, -0.1) is 12.4 Å². The highest BCUT2D eigenvalue weighted by Crippen LogP contribution is 2.14. The van der Waals surface area contributed by atoms with E-state index in [1.165, 1.54) is 24.3 Å². The van der Waals surface area contributed by atoms with E-state index in [0.717, 1.165) is 6.26 Å². The van der Waals surface area contributed by atoms with Crippen LogP contribution in [-0.4, -0.2) is 35.2 Å². The summed E-state index contributed by atoms with van der Waals surface area (Å²) in [4.78, 5) is 0.0785. The number of benzene rings is 1. The van der Waals surface area contributed by atoms with Crippen LogP contribution in [0.2, 0.25) is 0 Å². The molecule has 0 spiro atoms. The molecule has 0 aromatic heterocycles. The van der Waals surface area contributed by atoms with Crippen LogP contribution in [0.5, 0.6) is 0 Å². The molecule has 0 aliphatic carbocycles. The van der Waals surface area contributed by atoms with E-state index in [0.29, 0.717) is 0 Å². The van der Waals surface area contributed by atoms with E-state index < -0.39 is 25.4 Å². The predicted molar refractivity (Wildman–Crippen MR) is 80.3 cm³/mol. The zero-order valence-electron chi connectivity index (χ0n) is 11.5. The highest BCUT2D eigenvalue weighted by Gasteiger charge is 2.19. The van der Waals surface area contributed by atoms with E-state index in [9.17, 15) is 16.8 Å². The van der Waals surface area contributed by atoms with Crippen molar-refractivity contribution < 1.29 is 16.8 Å². The molecule has 0 heterocycles. The molecule has 1 rings (SSSR count). The Balaban J connectivity index is 0.00000361. The summed E-state index contributed by atoms with van der Waals surface area (Å²) in [5.41, 5.74) is 5.03. The molecule has 0 bridgehead atoms. The van der Waals surface area contributed by atoms with Gasteiger partial charge in [-0.05, 0) is 38.1 Å². The monoisotopic (exact) mass is 342 g/mol. The molecule has 6 nitrogen and oxygen atoms in total. The zero-order chi connectivity index (χ0) is 14.9. The fourth-order valence-electron chi connectivity index (χ4n) is 1.23. The van der Waals surface area contributed by atoms with Crippen LogP contribution < -0.4 is 10.5 Å². The van der Waals surface area contributed by atoms with Gasteiger partial charge < -0.3 is 5.73 Å². The normalized spacial score (nSPS) is 12.8. The number of sulfonamides is 1. The Morgan fingerprint density at radius 1 is 1.05 bits per heavy atom. The fraction of sp³-hybridized carbons (Fsp3) is 0.455. The van der Waals surface area contributed by atoms with Crippen LogP contribution >= 0.6 is 12.4 Å². The largest absolute Gasteiger partial charge is 0.324 e. The first-order valence-electron chi connectivity index (χ1n) is 5.50. The minimum Gasteiger partial charge on any atom is -0.324 e. The number of sulfone groups is 1. The number of hydrogen-bond acceptors (Lipinski definition) is 5. The number of nitrogens with two attached hydrogens (primary N) is 1. The molecule has 0 aliphatic rings. The number of hydrogen-bond donors (Lipinski definition) is 2. The molecule has 0 unspecified atom stereocenters. The van der Waals surface area contributed by atoms with Crippen LogP contribution in [0.1, 0.15) is 13.8 Å². The van der Waals surface area contributed by atoms with E-state index >= 15 is 0 Å². The molecule has 0 saturated carbocycles. The molecule has 116 valence electrons. The quantitative estimate of drug-likeness (QED) is 0.811. The molecular weight excluding hydrogens is 324 g/mol. The topological polar surface area (TPSA) is 106 Å². The molecule has 9 heteroatoms. The first kappa shape index (κ1) is 19.3. The maximum atomic E-state index is 11.9. The zero-order valence-corrected chi connectivity index (χ0v) is 13.9. The minimum absolute atomic E-state index is 0. The van der Waals surface area contributed by atoms with Gasteiger partial charge in [0.2, 0.25) is 10.0 Å². The second-order valence-corrected chi connectivity index (χ2v) is 8.84. The molecule has 3 N–H and O–H groups in total. The van der Waals surface area contributed by atoms with Gasteiger partial charge in [-0.3, -0.25) is 0 Å². The van der Waals surface area contributed by atoms with E-state index in [1.54, 1.807) is 13.8 Å². The van der Waals surface area contributed by atoms with Gasteiger partial charge in [0.25, 0.3) is 0 Å².